The van der Waals surface area contributed by atoms with Crippen molar-refractivity contribution < 1.29 is 23.6 Å². The number of ether oxygens (including phenoxy) is 2. The number of anilines is 3. The first-order valence-electron chi connectivity index (χ1n) is 11.1. The van der Waals surface area contributed by atoms with Crippen LogP contribution in [0, 0.1) is 0 Å². The van der Waals surface area contributed by atoms with Gasteiger partial charge in [-0.25, -0.2) is 14.0 Å². The van der Waals surface area contributed by atoms with Gasteiger partial charge in [-0.15, -0.1) is 4.36 Å². The maximum Gasteiger partial charge on any atom is 0.441 e. The van der Waals surface area contributed by atoms with Gasteiger partial charge < -0.3 is 25.2 Å². The van der Waals surface area contributed by atoms with Crippen LogP contribution in [0.15, 0.2) is 64.0 Å². The summed E-state index contributed by atoms with van der Waals surface area (Å²) in [4.78, 5) is 20.8. The number of rotatable bonds is 10. The monoisotopic (exact) mass is 499 g/mol. The summed E-state index contributed by atoms with van der Waals surface area (Å²) in [6.07, 6.45) is 0.843. The van der Waals surface area contributed by atoms with E-state index < -0.39 is 16.7 Å². The van der Waals surface area contributed by atoms with Gasteiger partial charge in [-0.2, -0.15) is 4.98 Å². The summed E-state index contributed by atoms with van der Waals surface area (Å²) in [7, 11) is -2.25. The van der Waals surface area contributed by atoms with Gasteiger partial charge in [-0.05, 0) is 62.7 Å². The highest BCUT2D eigenvalue weighted by Gasteiger charge is 2.13. The normalized spacial score (nSPS) is 12.6. The van der Waals surface area contributed by atoms with Crippen LogP contribution in [0.4, 0.5) is 22.2 Å². The number of aromatic nitrogens is 2. The molecule has 3 rings (SSSR count). The van der Waals surface area contributed by atoms with Crippen LogP contribution in [0.25, 0.3) is 11.1 Å². The lowest BCUT2D eigenvalue weighted by Gasteiger charge is -2.17. The van der Waals surface area contributed by atoms with Crippen LogP contribution in [0.1, 0.15) is 20.8 Å². The summed E-state index contributed by atoms with van der Waals surface area (Å²) >= 11 is 0. The van der Waals surface area contributed by atoms with Crippen molar-refractivity contribution in [1.29, 1.82) is 0 Å². The zero-order valence-corrected chi connectivity index (χ0v) is 20.7. The molecule has 0 radical (unpaired) electrons. The Bertz CT molecular complexity index is 1210. The largest absolute Gasteiger partial charge is 0.494 e. The third kappa shape index (κ3) is 7.39. The van der Waals surface area contributed by atoms with Crippen molar-refractivity contribution in [3.05, 3.63) is 54.7 Å². The van der Waals surface area contributed by atoms with E-state index in [1.165, 1.54) is 0 Å². The Kier molecular flexibility index (Phi) is 9.39. The van der Waals surface area contributed by atoms with E-state index in [-0.39, 0.29) is 19.3 Å². The van der Waals surface area contributed by atoms with Gasteiger partial charge in [0.05, 0.1) is 30.4 Å². The van der Waals surface area contributed by atoms with Gasteiger partial charge in [0.25, 0.3) is 0 Å². The third-order valence-electron chi connectivity index (χ3n) is 4.71. The Hall–Kier alpha value is -3.70. The number of amides is 1. The molecule has 3 N–H and O–H groups in total. The highest BCUT2D eigenvalue weighted by Crippen LogP contribution is 2.29. The molecule has 0 spiro atoms. The second kappa shape index (κ2) is 12.7. The fourth-order valence-corrected chi connectivity index (χ4v) is 3.75. The molecule has 1 unspecified atom stereocenters. The van der Waals surface area contributed by atoms with E-state index in [4.69, 9.17) is 9.47 Å². The van der Waals surface area contributed by atoms with Crippen molar-refractivity contribution >= 4 is 34.1 Å². The first kappa shape index (κ1) is 25.9. The van der Waals surface area contributed by atoms with Crippen LogP contribution < -0.4 is 15.4 Å². The number of aliphatic hydroxyl groups is 1. The van der Waals surface area contributed by atoms with Crippen molar-refractivity contribution in [2.45, 2.75) is 31.7 Å². The zero-order chi connectivity index (χ0) is 25.2. The molecule has 0 saturated heterocycles. The minimum absolute atomic E-state index is 0.0635. The SMILES string of the molecule is CCOC(=O)/N=[SH](=O)/c1ccc(Nc2ncc(-c3ccc(OCC)cc3)c(N[C@H](C)CO)n2)cc1. The Morgan fingerprint density at radius 2 is 1.83 bits per heavy atom. The molecular weight excluding hydrogens is 470 g/mol. The second-order valence-corrected chi connectivity index (χ2v) is 8.65. The van der Waals surface area contributed by atoms with E-state index in [1.54, 1.807) is 37.4 Å². The number of nitrogens with zero attached hydrogens (tertiary/aromatic N) is 3. The molecule has 3 aromatic rings. The van der Waals surface area contributed by atoms with Crippen molar-refractivity contribution in [2.24, 2.45) is 4.36 Å². The molecule has 0 bridgehead atoms. The lowest BCUT2D eigenvalue weighted by molar-refractivity contribution is 0.164. The highest BCUT2D eigenvalue weighted by atomic mass is 32.2. The van der Waals surface area contributed by atoms with Crippen molar-refractivity contribution in [2.75, 3.05) is 30.5 Å². The van der Waals surface area contributed by atoms with E-state index in [1.807, 2.05) is 38.1 Å². The summed E-state index contributed by atoms with van der Waals surface area (Å²) in [6, 6.07) is 14.0. The average Bonchev–Trinajstić information content (AvgIpc) is 2.85. The zero-order valence-electron chi connectivity index (χ0n) is 19.8. The molecule has 0 aliphatic heterocycles. The minimum Gasteiger partial charge on any atom is -0.494 e. The molecule has 0 fully saturated rings. The molecule has 0 aliphatic carbocycles. The fraction of sp³-hybridized carbons (Fsp3) is 0.292. The molecule has 1 aromatic heterocycles. The quantitative estimate of drug-likeness (QED) is 0.302. The van der Waals surface area contributed by atoms with E-state index in [2.05, 4.69) is 25.0 Å². The molecule has 1 heterocycles. The van der Waals surface area contributed by atoms with Gasteiger partial charge in [0.1, 0.15) is 11.6 Å². The van der Waals surface area contributed by atoms with Gasteiger partial charge in [-0.3, -0.25) is 0 Å². The Labute approximate surface area is 205 Å². The number of carbonyl (C=O) groups is 1. The molecule has 2 atom stereocenters. The van der Waals surface area contributed by atoms with Crippen LogP contribution in [0.2, 0.25) is 0 Å². The number of carbonyl (C=O) groups excluding carboxylic acids is 1. The second-order valence-electron chi connectivity index (χ2n) is 7.38. The number of aliphatic hydroxyl groups excluding tert-OH is 1. The minimum atomic E-state index is -2.25. The van der Waals surface area contributed by atoms with Crippen LogP contribution in [0.3, 0.4) is 0 Å². The molecule has 2 aromatic carbocycles. The summed E-state index contributed by atoms with van der Waals surface area (Å²) in [5, 5.41) is 15.8. The number of benzene rings is 2. The summed E-state index contributed by atoms with van der Waals surface area (Å²) in [5.74, 6) is 1.66. The molecule has 0 saturated carbocycles. The molecule has 0 aliphatic rings. The average molecular weight is 500 g/mol. The van der Waals surface area contributed by atoms with Gasteiger partial charge in [0.15, 0.2) is 0 Å². The van der Waals surface area contributed by atoms with E-state index >= 15 is 0 Å². The van der Waals surface area contributed by atoms with E-state index in [9.17, 15) is 14.1 Å². The number of nitrogens with one attached hydrogen (secondary N) is 2. The maximum atomic E-state index is 12.2. The molecule has 11 heteroatoms. The third-order valence-corrected chi connectivity index (χ3v) is 5.79. The predicted octanol–water partition coefficient (Wildman–Crippen LogP) is 4.26. The number of hydrogen-bond donors (Lipinski definition) is 4. The van der Waals surface area contributed by atoms with Gasteiger partial charge >= 0.3 is 6.09 Å². The number of hydrogen-bond acceptors (Lipinski definition) is 9. The lowest BCUT2D eigenvalue weighted by atomic mass is 10.1. The van der Waals surface area contributed by atoms with Gasteiger partial charge in [0, 0.05) is 28.4 Å². The first-order valence-corrected chi connectivity index (χ1v) is 12.3. The van der Waals surface area contributed by atoms with E-state index in [0.717, 1.165) is 16.9 Å². The molecule has 186 valence electrons. The summed E-state index contributed by atoms with van der Waals surface area (Å²) < 4.78 is 25.9. The van der Waals surface area contributed by atoms with Gasteiger partial charge in [-0.1, -0.05) is 12.1 Å². The first-order chi connectivity index (χ1) is 16.9. The summed E-state index contributed by atoms with van der Waals surface area (Å²) in [6.45, 7) is 6.11. The highest BCUT2D eigenvalue weighted by molar-refractivity contribution is 7.75. The smallest absolute Gasteiger partial charge is 0.441 e. The standard InChI is InChI=1S/C24H29N5O5S/c1-4-33-19-10-6-17(7-11-19)21-14-25-23(28-22(21)26-16(3)15-30)27-18-8-12-20(13-9-18)35(32)29-24(31)34-5-2/h6-14,16,30,35H,4-5,15H2,1-3H3,(H2,25,26,27,28)/t16-/m1/s1. The predicted molar refractivity (Wildman–Crippen MR) is 136 cm³/mol. The molecule has 10 nitrogen and oxygen atoms in total. The lowest BCUT2D eigenvalue weighted by Crippen LogP contribution is -2.21. The Morgan fingerprint density at radius 1 is 1.11 bits per heavy atom. The Balaban J connectivity index is 1.82. The topological polar surface area (TPSA) is 135 Å². The van der Waals surface area contributed by atoms with Gasteiger partial charge in [0.2, 0.25) is 5.95 Å². The Morgan fingerprint density at radius 3 is 2.46 bits per heavy atom. The number of thiol groups is 1. The van der Waals surface area contributed by atoms with Crippen LogP contribution >= 0.6 is 0 Å². The summed E-state index contributed by atoms with van der Waals surface area (Å²) in [5.41, 5.74) is 2.32. The van der Waals surface area contributed by atoms with Crippen molar-refractivity contribution in [3.8, 4) is 16.9 Å². The van der Waals surface area contributed by atoms with Crippen LogP contribution in [-0.4, -0.2) is 51.2 Å². The molecular formula is C24H29N5O5S. The molecule has 1 amide bonds. The maximum absolute atomic E-state index is 12.2. The van der Waals surface area contributed by atoms with Crippen LogP contribution in [0.5, 0.6) is 5.75 Å². The van der Waals surface area contributed by atoms with Crippen molar-refractivity contribution in [3.63, 3.8) is 0 Å². The fourth-order valence-electron chi connectivity index (χ4n) is 3.03. The van der Waals surface area contributed by atoms with Crippen molar-refractivity contribution in [1.82, 2.24) is 9.97 Å². The van der Waals surface area contributed by atoms with Crippen LogP contribution in [-0.2, 0) is 15.3 Å². The molecule has 35 heavy (non-hydrogen) atoms. The van der Waals surface area contributed by atoms with E-state index in [0.29, 0.717) is 29.0 Å².